The Balaban J connectivity index is 1.62. The van der Waals surface area contributed by atoms with Crippen LogP contribution in [0.4, 0.5) is 0 Å². The number of hydrogen-bond acceptors (Lipinski definition) is 2. The molecule has 0 aromatic heterocycles. The third-order valence-electron chi connectivity index (χ3n) is 5.13. The lowest BCUT2D eigenvalue weighted by Gasteiger charge is -2.24. The number of aliphatic hydroxyl groups is 1. The maximum Gasteiger partial charge on any atom is 0.0829 e. The summed E-state index contributed by atoms with van der Waals surface area (Å²) in [7, 11) is 0. The molecule has 1 aliphatic heterocycles. The van der Waals surface area contributed by atoms with Crippen LogP contribution < -0.4 is 0 Å². The van der Waals surface area contributed by atoms with Crippen LogP contribution in [-0.2, 0) is 6.42 Å². The van der Waals surface area contributed by atoms with E-state index in [-0.39, 0.29) is 0 Å². The summed E-state index contributed by atoms with van der Waals surface area (Å²) in [4.78, 5) is 2.52. The molecule has 2 atom stereocenters. The van der Waals surface area contributed by atoms with Crippen molar-refractivity contribution in [3.8, 4) is 0 Å². The largest absolute Gasteiger partial charge is 0.388 e. The molecule has 1 N–H and O–H groups in total. The zero-order chi connectivity index (χ0) is 14.4. The predicted octanol–water partition coefficient (Wildman–Crippen LogP) is 3.37. The van der Waals surface area contributed by atoms with Gasteiger partial charge in [-0.1, -0.05) is 42.5 Å². The van der Waals surface area contributed by atoms with E-state index in [2.05, 4.69) is 54.3 Å². The zero-order valence-corrected chi connectivity index (χ0v) is 12.6. The first-order chi connectivity index (χ1) is 10.1. The van der Waals surface area contributed by atoms with Crippen molar-refractivity contribution in [1.82, 2.24) is 4.90 Å². The fourth-order valence-electron chi connectivity index (χ4n) is 4.05. The van der Waals surface area contributed by atoms with Crippen LogP contribution in [-0.4, -0.2) is 34.2 Å². The molecule has 2 unspecified atom stereocenters. The number of benzene rings is 2. The Labute approximate surface area is 126 Å². The molecule has 2 heteroatoms. The van der Waals surface area contributed by atoms with Gasteiger partial charge in [-0.2, -0.15) is 0 Å². The first-order valence-corrected chi connectivity index (χ1v) is 8.09. The van der Waals surface area contributed by atoms with Crippen molar-refractivity contribution in [2.24, 2.45) is 0 Å². The first-order valence-electron chi connectivity index (χ1n) is 8.09. The fourth-order valence-corrected chi connectivity index (χ4v) is 4.05. The summed E-state index contributed by atoms with van der Waals surface area (Å²) in [5.74, 6) is 0. The van der Waals surface area contributed by atoms with E-state index < -0.39 is 5.60 Å². The molecule has 110 valence electrons. The lowest BCUT2D eigenvalue weighted by atomic mass is 9.89. The number of nitrogens with zero attached hydrogens (tertiary/aromatic N) is 1. The van der Waals surface area contributed by atoms with Crippen LogP contribution >= 0.6 is 0 Å². The highest BCUT2D eigenvalue weighted by atomic mass is 16.3. The Morgan fingerprint density at radius 2 is 1.90 bits per heavy atom. The van der Waals surface area contributed by atoms with Crippen molar-refractivity contribution < 1.29 is 5.11 Å². The molecule has 2 aliphatic rings. The molecule has 1 heterocycles. The van der Waals surface area contributed by atoms with Crippen molar-refractivity contribution in [3.05, 3.63) is 48.0 Å². The molecule has 0 radical (unpaired) electrons. The van der Waals surface area contributed by atoms with Crippen molar-refractivity contribution in [2.45, 2.75) is 50.3 Å². The van der Waals surface area contributed by atoms with E-state index in [1.54, 1.807) is 0 Å². The molecule has 2 fully saturated rings. The summed E-state index contributed by atoms with van der Waals surface area (Å²) in [5.41, 5.74) is 0.715. The van der Waals surface area contributed by atoms with Crippen LogP contribution in [0.5, 0.6) is 0 Å². The maximum absolute atomic E-state index is 11.1. The summed E-state index contributed by atoms with van der Waals surface area (Å²) in [6.07, 6.45) is 4.29. The molecule has 0 amide bonds. The van der Waals surface area contributed by atoms with Gasteiger partial charge in [0.1, 0.15) is 0 Å². The number of rotatable bonds is 3. The minimum atomic E-state index is -0.563. The Morgan fingerprint density at radius 1 is 1.14 bits per heavy atom. The van der Waals surface area contributed by atoms with Gasteiger partial charge in [0, 0.05) is 25.0 Å². The smallest absolute Gasteiger partial charge is 0.0829 e. The van der Waals surface area contributed by atoms with Gasteiger partial charge in [0.25, 0.3) is 0 Å². The van der Waals surface area contributed by atoms with Gasteiger partial charge in [-0.15, -0.1) is 0 Å². The van der Waals surface area contributed by atoms with Crippen LogP contribution in [0.1, 0.15) is 31.7 Å². The highest BCUT2D eigenvalue weighted by molar-refractivity contribution is 5.85. The van der Waals surface area contributed by atoms with Gasteiger partial charge in [-0.25, -0.2) is 0 Å². The predicted molar refractivity (Wildman–Crippen MR) is 86.4 cm³/mol. The lowest BCUT2D eigenvalue weighted by Crippen LogP contribution is -2.36. The standard InChI is InChI=1S/C19H23NO/c1-14-11-19(21,13-20(14)17-9-10-17)12-16-7-4-6-15-5-2-3-8-18(15)16/h2-8,14,17,21H,9-13H2,1H3. The van der Waals surface area contributed by atoms with Gasteiger partial charge in [0.2, 0.25) is 0 Å². The van der Waals surface area contributed by atoms with Crippen molar-refractivity contribution in [1.29, 1.82) is 0 Å². The fraction of sp³-hybridized carbons (Fsp3) is 0.474. The molecule has 1 saturated carbocycles. The van der Waals surface area contributed by atoms with Gasteiger partial charge in [-0.05, 0) is 42.5 Å². The zero-order valence-electron chi connectivity index (χ0n) is 12.6. The van der Waals surface area contributed by atoms with E-state index in [9.17, 15) is 5.11 Å². The quantitative estimate of drug-likeness (QED) is 0.932. The second kappa shape index (κ2) is 4.82. The van der Waals surface area contributed by atoms with Crippen molar-refractivity contribution in [3.63, 3.8) is 0 Å². The minimum Gasteiger partial charge on any atom is -0.388 e. The maximum atomic E-state index is 11.1. The van der Waals surface area contributed by atoms with Crippen LogP contribution in [0.15, 0.2) is 42.5 Å². The van der Waals surface area contributed by atoms with Crippen LogP contribution in [0, 0.1) is 0 Å². The van der Waals surface area contributed by atoms with Crippen LogP contribution in [0.3, 0.4) is 0 Å². The van der Waals surface area contributed by atoms with E-state index in [1.165, 1.54) is 29.2 Å². The molecule has 2 aromatic rings. The molecule has 1 aliphatic carbocycles. The van der Waals surface area contributed by atoms with Crippen LogP contribution in [0.2, 0.25) is 0 Å². The van der Waals surface area contributed by atoms with Crippen molar-refractivity contribution in [2.75, 3.05) is 6.54 Å². The second-order valence-corrected chi connectivity index (χ2v) is 7.00. The minimum absolute atomic E-state index is 0.512. The van der Waals surface area contributed by atoms with Gasteiger partial charge in [0.05, 0.1) is 5.60 Å². The third kappa shape index (κ3) is 2.47. The molecule has 0 spiro atoms. The SMILES string of the molecule is CC1CC(O)(Cc2cccc3ccccc23)CN1C1CC1. The summed E-state index contributed by atoms with van der Waals surface area (Å²) >= 11 is 0. The molecular formula is C19H23NO. The normalized spacial score (nSPS) is 30.1. The molecule has 2 nitrogen and oxygen atoms in total. The Hall–Kier alpha value is -1.38. The average Bonchev–Trinajstić information content (AvgIpc) is 3.25. The number of likely N-dealkylation sites (tertiary alicyclic amines) is 1. The van der Waals surface area contributed by atoms with E-state index >= 15 is 0 Å². The summed E-state index contributed by atoms with van der Waals surface area (Å²) in [6.45, 7) is 3.10. The molecule has 2 aromatic carbocycles. The van der Waals surface area contributed by atoms with E-state index in [0.717, 1.165) is 25.4 Å². The van der Waals surface area contributed by atoms with Gasteiger partial charge >= 0.3 is 0 Å². The Morgan fingerprint density at radius 3 is 2.71 bits per heavy atom. The van der Waals surface area contributed by atoms with E-state index in [0.29, 0.717) is 6.04 Å². The molecule has 4 rings (SSSR count). The van der Waals surface area contributed by atoms with Crippen molar-refractivity contribution >= 4 is 10.8 Å². The topological polar surface area (TPSA) is 23.5 Å². The molecular weight excluding hydrogens is 258 g/mol. The monoisotopic (exact) mass is 281 g/mol. The first kappa shape index (κ1) is 13.3. The molecule has 0 bridgehead atoms. The van der Waals surface area contributed by atoms with Gasteiger partial charge in [-0.3, -0.25) is 4.90 Å². The van der Waals surface area contributed by atoms with Gasteiger partial charge < -0.3 is 5.11 Å². The summed E-state index contributed by atoms with van der Waals surface area (Å²) in [5, 5.41) is 13.6. The number of β-amino-alcohol motifs (C(OH)–C–C–N with tert-alkyl or cyclic N) is 1. The summed E-state index contributed by atoms with van der Waals surface area (Å²) in [6, 6.07) is 16.2. The van der Waals surface area contributed by atoms with E-state index in [4.69, 9.17) is 0 Å². The number of fused-ring (bicyclic) bond motifs is 1. The Bertz CT molecular complexity index is 658. The summed E-state index contributed by atoms with van der Waals surface area (Å²) < 4.78 is 0. The molecule has 1 saturated heterocycles. The van der Waals surface area contributed by atoms with Crippen LogP contribution in [0.25, 0.3) is 10.8 Å². The molecule has 21 heavy (non-hydrogen) atoms. The van der Waals surface area contributed by atoms with E-state index in [1.807, 2.05) is 0 Å². The Kier molecular flexibility index (Phi) is 3.05. The van der Waals surface area contributed by atoms with Gasteiger partial charge in [0.15, 0.2) is 0 Å². The highest BCUT2D eigenvalue weighted by Gasteiger charge is 2.45. The average molecular weight is 281 g/mol. The highest BCUT2D eigenvalue weighted by Crippen LogP contribution is 2.39. The number of hydrogen-bond donors (Lipinski definition) is 1. The third-order valence-corrected chi connectivity index (χ3v) is 5.13. The lowest BCUT2D eigenvalue weighted by molar-refractivity contribution is 0.0490. The second-order valence-electron chi connectivity index (χ2n) is 7.00.